The van der Waals surface area contributed by atoms with Gasteiger partial charge in [0.2, 0.25) is 0 Å². The summed E-state index contributed by atoms with van der Waals surface area (Å²) in [5, 5.41) is 8.10. The Morgan fingerprint density at radius 2 is 1.75 bits per heavy atom. The van der Waals surface area contributed by atoms with E-state index < -0.39 is 11.8 Å². The second-order valence-electron chi connectivity index (χ2n) is 7.66. The van der Waals surface area contributed by atoms with Crippen molar-refractivity contribution in [3.05, 3.63) is 59.7 Å². The number of benzene rings is 2. The molecule has 0 unspecified atom stereocenters. The van der Waals surface area contributed by atoms with E-state index in [-0.39, 0.29) is 17.2 Å². The Labute approximate surface area is 189 Å². The molecule has 0 aromatic heterocycles. The van der Waals surface area contributed by atoms with Crippen molar-refractivity contribution in [1.82, 2.24) is 10.6 Å². The molecule has 2 rings (SSSR count). The van der Waals surface area contributed by atoms with Crippen LogP contribution in [0.3, 0.4) is 0 Å². The highest BCUT2D eigenvalue weighted by atomic mass is 16.5. The van der Waals surface area contributed by atoms with Crippen molar-refractivity contribution in [3.8, 4) is 5.75 Å². The van der Waals surface area contributed by atoms with Crippen LogP contribution < -0.4 is 20.7 Å². The predicted molar refractivity (Wildman–Crippen MR) is 126 cm³/mol. The molecule has 0 radical (unpaired) electrons. The minimum Gasteiger partial charge on any atom is -0.497 e. The number of hydrogen-bond donors (Lipinski definition) is 3. The van der Waals surface area contributed by atoms with Crippen LogP contribution in [0.25, 0.3) is 0 Å². The number of carbonyl (C=O) groups excluding carboxylic acids is 3. The van der Waals surface area contributed by atoms with E-state index in [1.807, 2.05) is 24.3 Å². The van der Waals surface area contributed by atoms with Gasteiger partial charge in [0.25, 0.3) is 5.91 Å². The van der Waals surface area contributed by atoms with E-state index in [0.29, 0.717) is 24.8 Å². The monoisotopic (exact) mass is 439 g/mol. The third-order valence-corrected chi connectivity index (χ3v) is 5.31. The van der Waals surface area contributed by atoms with Crippen LogP contribution in [-0.2, 0) is 16.1 Å². The fourth-order valence-corrected chi connectivity index (χ4v) is 3.29. The first kappa shape index (κ1) is 24.9. The lowest BCUT2D eigenvalue weighted by molar-refractivity contribution is -0.136. The van der Waals surface area contributed by atoms with E-state index in [2.05, 4.69) is 29.8 Å². The van der Waals surface area contributed by atoms with E-state index in [1.165, 1.54) is 0 Å². The van der Waals surface area contributed by atoms with Crippen molar-refractivity contribution >= 4 is 23.4 Å². The molecule has 2 aromatic carbocycles. The number of unbranched alkanes of at least 4 members (excludes halogenated alkanes) is 1. The number of nitrogens with one attached hydrogen (secondary N) is 3. The van der Waals surface area contributed by atoms with Crippen LogP contribution in [0.15, 0.2) is 48.5 Å². The molecule has 0 spiro atoms. The molecule has 0 aliphatic rings. The summed E-state index contributed by atoms with van der Waals surface area (Å²) < 4.78 is 5.19. The number of amides is 3. The first-order valence-corrected chi connectivity index (χ1v) is 11.1. The van der Waals surface area contributed by atoms with Gasteiger partial charge in [-0.2, -0.15) is 0 Å². The van der Waals surface area contributed by atoms with E-state index in [9.17, 15) is 14.4 Å². The zero-order valence-electron chi connectivity index (χ0n) is 19.1. The van der Waals surface area contributed by atoms with Crippen LogP contribution in [0.5, 0.6) is 5.75 Å². The number of anilines is 1. The summed E-state index contributed by atoms with van der Waals surface area (Å²) in [6, 6.07) is 14.0. The Morgan fingerprint density at radius 3 is 2.47 bits per heavy atom. The van der Waals surface area contributed by atoms with Crippen molar-refractivity contribution in [2.75, 3.05) is 19.0 Å². The fraction of sp³-hybridized carbons (Fsp3) is 0.400. The molecule has 0 saturated carbocycles. The van der Waals surface area contributed by atoms with Gasteiger partial charge in [-0.05, 0) is 42.2 Å². The molecule has 1 atom stereocenters. The summed E-state index contributed by atoms with van der Waals surface area (Å²) in [7, 11) is 1.58. The molecule has 7 heteroatoms. The Bertz CT molecular complexity index is 914. The van der Waals surface area contributed by atoms with Gasteiger partial charge in [0.05, 0.1) is 18.4 Å². The van der Waals surface area contributed by atoms with E-state index in [4.69, 9.17) is 4.74 Å². The molecular formula is C25H33N3O4. The molecule has 0 aliphatic heterocycles. The maximum atomic E-state index is 12.7. The predicted octanol–water partition coefficient (Wildman–Crippen LogP) is 3.90. The fourth-order valence-electron chi connectivity index (χ4n) is 3.29. The number of ether oxygens (including phenoxy) is 1. The maximum absolute atomic E-state index is 12.7. The van der Waals surface area contributed by atoms with Crippen molar-refractivity contribution in [2.45, 2.75) is 46.1 Å². The standard InChI is InChI=1S/C25H33N3O4/c1-4-6-10-18(5-2)16-27-24(30)25(31)28-22-14-8-7-13-21(22)23(29)26-17-19-11-9-12-20(15-19)32-3/h7-9,11-15,18H,4-6,10,16-17H2,1-3H3,(H,26,29)(H,27,30)(H,28,31)/t18-/m0/s1. The van der Waals surface area contributed by atoms with E-state index in [0.717, 1.165) is 31.2 Å². The molecular weight excluding hydrogens is 406 g/mol. The summed E-state index contributed by atoms with van der Waals surface area (Å²) in [4.78, 5) is 37.3. The molecule has 0 bridgehead atoms. The lowest BCUT2D eigenvalue weighted by Crippen LogP contribution is -2.38. The number of carbonyl (C=O) groups is 3. The van der Waals surface area contributed by atoms with E-state index >= 15 is 0 Å². The molecule has 0 heterocycles. The highest BCUT2D eigenvalue weighted by Gasteiger charge is 2.18. The van der Waals surface area contributed by atoms with Crippen molar-refractivity contribution in [1.29, 1.82) is 0 Å². The number of para-hydroxylation sites is 1. The summed E-state index contributed by atoms with van der Waals surface area (Å²) in [5.41, 5.74) is 1.45. The van der Waals surface area contributed by atoms with Gasteiger partial charge in [-0.15, -0.1) is 0 Å². The molecule has 0 fully saturated rings. The molecule has 7 nitrogen and oxygen atoms in total. The molecule has 32 heavy (non-hydrogen) atoms. The van der Waals surface area contributed by atoms with Crippen LogP contribution in [0.4, 0.5) is 5.69 Å². The van der Waals surface area contributed by atoms with Crippen LogP contribution in [0.2, 0.25) is 0 Å². The van der Waals surface area contributed by atoms with Crippen LogP contribution in [-0.4, -0.2) is 31.4 Å². The van der Waals surface area contributed by atoms with Gasteiger partial charge in [-0.1, -0.05) is 57.4 Å². The van der Waals surface area contributed by atoms with Gasteiger partial charge in [-0.3, -0.25) is 14.4 Å². The third-order valence-electron chi connectivity index (χ3n) is 5.31. The number of hydrogen-bond acceptors (Lipinski definition) is 4. The van der Waals surface area contributed by atoms with Crippen LogP contribution >= 0.6 is 0 Å². The van der Waals surface area contributed by atoms with Crippen molar-refractivity contribution in [2.24, 2.45) is 5.92 Å². The Kier molecular flexibility index (Phi) is 10.2. The van der Waals surface area contributed by atoms with Crippen LogP contribution in [0, 0.1) is 5.92 Å². The zero-order chi connectivity index (χ0) is 23.3. The first-order chi connectivity index (χ1) is 15.5. The van der Waals surface area contributed by atoms with Gasteiger partial charge < -0.3 is 20.7 Å². The minimum absolute atomic E-state index is 0.283. The van der Waals surface area contributed by atoms with Gasteiger partial charge in [0.1, 0.15) is 5.75 Å². The maximum Gasteiger partial charge on any atom is 0.313 e. The summed E-state index contributed by atoms with van der Waals surface area (Å²) >= 11 is 0. The minimum atomic E-state index is -0.789. The SMILES string of the molecule is CCCC[C@H](CC)CNC(=O)C(=O)Nc1ccccc1C(=O)NCc1cccc(OC)c1. The Hall–Kier alpha value is -3.35. The zero-order valence-corrected chi connectivity index (χ0v) is 19.1. The molecule has 3 amide bonds. The summed E-state index contributed by atoms with van der Waals surface area (Å²) in [5.74, 6) is -0.790. The largest absolute Gasteiger partial charge is 0.497 e. The highest BCUT2D eigenvalue weighted by molar-refractivity contribution is 6.40. The van der Waals surface area contributed by atoms with Gasteiger partial charge in [0.15, 0.2) is 0 Å². The molecule has 0 aliphatic carbocycles. The quantitative estimate of drug-likeness (QED) is 0.463. The second kappa shape index (κ2) is 13.1. The lowest BCUT2D eigenvalue weighted by atomic mass is 9.99. The molecule has 3 N–H and O–H groups in total. The topological polar surface area (TPSA) is 96.5 Å². The number of methoxy groups -OCH3 is 1. The summed E-state index contributed by atoms with van der Waals surface area (Å²) in [6.07, 6.45) is 4.16. The Morgan fingerprint density at radius 1 is 0.969 bits per heavy atom. The highest BCUT2D eigenvalue weighted by Crippen LogP contribution is 2.16. The first-order valence-electron chi connectivity index (χ1n) is 11.1. The Balaban J connectivity index is 1.95. The molecule has 0 saturated heterocycles. The molecule has 2 aromatic rings. The van der Waals surface area contributed by atoms with Gasteiger partial charge in [-0.25, -0.2) is 0 Å². The van der Waals surface area contributed by atoms with Gasteiger partial charge in [0, 0.05) is 13.1 Å². The number of rotatable bonds is 11. The normalized spacial score (nSPS) is 11.3. The van der Waals surface area contributed by atoms with Crippen LogP contribution in [0.1, 0.15) is 55.5 Å². The lowest BCUT2D eigenvalue weighted by Gasteiger charge is -2.15. The van der Waals surface area contributed by atoms with Crippen molar-refractivity contribution in [3.63, 3.8) is 0 Å². The van der Waals surface area contributed by atoms with Crippen molar-refractivity contribution < 1.29 is 19.1 Å². The average Bonchev–Trinajstić information content (AvgIpc) is 2.82. The van der Waals surface area contributed by atoms with Gasteiger partial charge >= 0.3 is 11.8 Å². The smallest absolute Gasteiger partial charge is 0.313 e. The summed E-state index contributed by atoms with van der Waals surface area (Å²) in [6.45, 7) is 4.97. The third kappa shape index (κ3) is 7.72. The average molecular weight is 440 g/mol. The second-order valence-corrected chi connectivity index (χ2v) is 7.66. The molecule has 172 valence electrons. The van der Waals surface area contributed by atoms with E-state index in [1.54, 1.807) is 31.4 Å².